The summed E-state index contributed by atoms with van der Waals surface area (Å²) < 4.78 is 5.99. The Labute approximate surface area is 202 Å². The molecule has 0 aliphatic heterocycles. The van der Waals surface area contributed by atoms with E-state index in [0.717, 1.165) is 47.7 Å². The molecule has 5 rings (SSSR count). The van der Waals surface area contributed by atoms with Crippen LogP contribution in [-0.4, -0.2) is 11.7 Å². The van der Waals surface area contributed by atoms with Crippen molar-refractivity contribution in [2.75, 3.05) is 6.61 Å². The number of phenolic OH excluding ortho intramolecular Hbond substituents is 1. The lowest BCUT2D eigenvalue weighted by Crippen LogP contribution is -2.55. The van der Waals surface area contributed by atoms with Crippen molar-refractivity contribution in [2.24, 2.45) is 46.3 Å². The summed E-state index contributed by atoms with van der Waals surface area (Å²) in [6, 6.07) is 7.42. The normalized spacial score (nSPS) is 42.4. The summed E-state index contributed by atoms with van der Waals surface area (Å²) in [5, 5.41) is 9.44. The Morgan fingerprint density at radius 3 is 2.48 bits per heavy atom. The van der Waals surface area contributed by atoms with E-state index in [9.17, 15) is 5.11 Å². The third-order valence-corrected chi connectivity index (χ3v) is 11.5. The molecule has 4 aliphatic rings. The molecule has 4 saturated carbocycles. The van der Waals surface area contributed by atoms with Crippen LogP contribution in [0.2, 0.25) is 0 Å². The molecule has 2 nitrogen and oxygen atoms in total. The monoisotopic (exact) mass is 452 g/mol. The molecule has 0 saturated heterocycles. The molecule has 1 aromatic carbocycles. The van der Waals surface area contributed by atoms with Crippen LogP contribution in [0.4, 0.5) is 0 Å². The van der Waals surface area contributed by atoms with Crippen LogP contribution in [0.5, 0.6) is 5.75 Å². The topological polar surface area (TPSA) is 29.5 Å². The molecule has 1 aromatic rings. The summed E-state index contributed by atoms with van der Waals surface area (Å²) in [5.41, 5.74) is 2.37. The Kier molecular flexibility index (Phi) is 6.87. The highest BCUT2D eigenvalue weighted by molar-refractivity contribution is 5.25. The molecule has 184 valence electrons. The second kappa shape index (κ2) is 9.56. The van der Waals surface area contributed by atoms with Crippen molar-refractivity contribution in [3.8, 4) is 5.75 Å². The first-order valence-corrected chi connectivity index (χ1v) is 14.3. The molecule has 0 aromatic heterocycles. The second-order valence-electron chi connectivity index (χ2n) is 12.8. The van der Waals surface area contributed by atoms with Gasteiger partial charge in [-0.05, 0) is 122 Å². The maximum absolute atomic E-state index is 9.44. The predicted octanol–water partition coefficient (Wildman–Crippen LogP) is 8.37. The van der Waals surface area contributed by atoms with E-state index in [0.29, 0.717) is 23.2 Å². The second-order valence-corrected chi connectivity index (χ2v) is 12.8. The van der Waals surface area contributed by atoms with Gasteiger partial charge in [0.15, 0.2) is 0 Å². The number of hydrogen-bond acceptors (Lipinski definition) is 2. The lowest BCUT2D eigenvalue weighted by atomic mass is 9.42. The van der Waals surface area contributed by atoms with Gasteiger partial charge in [-0.1, -0.05) is 52.2 Å². The van der Waals surface area contributed by atoms with Crippen LogP contribution in [0.25, 0.3) is 0 Å². The fraction of sp³-hybridized carbons (Fsp3) is 0.806. The largest absolute Gasteiger partial charge is 0.508 e. The van der Waals surface area contributed by atoms with E-state index < -0.39 is 0 Å². The molecule has 6 unspecified atom stereocenters. The molecule has 8 atom stereocenters. The first-order chi connectivity index (χ1) is 16.0. The van der Waals surface area contributed by atoms with Crippen LogP contribution < -0.4 is 0 Å². The van der Waals surface area contributed by atoms with Gasteiger partial charge in [-0.25, -0.2) is 0 Å². The van der Waals surface area contributed by atoms with Gasteiger partial charge in [-0.15, -0.1) is 0 Å². The molecule has 0 heterocycles. The van der Waals surface area contributed by atoms with Crippen molar-refractivity contribution in [1.82, 2.24) is 0 Å². The first kappa shape index (κ1) is 23.7. The molecule has 0 spiro atoms. The Bertz CT molecular complexity index is 787. The zero-order chi connectivity index (χ0) is 23.1. The predicted molar refractivity (Wildman–Crippen MR) is 136 cm³/mol. The molecule has 33 heavy (non-hydrogen) atoms. The van der Waals surface area contributed by atoms with E-state index in [1.54, 1.807) is 18.6 Å². The fourth-order valence-corrected chi connectivity index (χ4v) is 9.82. The first-order valence-electron chi connectivity index (χ1n) is 14.3. The number of benzene rings is 1. The maximum Gasteiger partial charge on any atom is 0.115 e. The maximum atomic E-state index is 9.44. The highest BCUT2D eigenvalue weighted by Gasteiger charge is 2.60. The van der Waals surface area contributed by atoms with Crippen molar-refractivity contribution in [1.29, 1.82) is 0 Å². The minimum atomic E-state index is 0.328. The quantitative estimate of drug-likeness (QED) is 0.421. The smallest absolute Gasteiger partial charge is 0.115 e. The van der Waals surface area contributed by atoms with Gasteiger partial charge in [0.2, 0.25) is 0 Å². The minimum Gasteiger partial charge on any atom is -0.508 e. The molecule has 4 fully saturated rings. The molecule has 0 bridgehead atoms. The molecule has 0 amide bonds. The average molecular weight is 453 g/mol. The van der Waals surface area contributed by atoms with Gasteiger partial charge in [-0.3, -0.25) is 0 Å². The minimum absolute atomic E-state index is 0.328. The van der Waals surface area contributed by atoms with Gasteiger partial charge in [0.25, 0.3) is 0 Å². The number of ether oxygens (including phenoxy) is 1. The number of fused-ring (bicyclic) bond motifs is 5. The summed E-state index contributed by atoms with van der Waals surface area (Å²) in [7, 11) is 0. The van der Waals surface area contributed by atoms with E-state index >= 15 is 0 Å². The van der Waals surface area contributed by atoms with Gasteiger partial charge in [0.1, 0.15) is 5.75 Å². The lowest BCUT2D eigenvalue weighted by Gasteiger charge is -2.62. The zero-order valence-electron chi connectivity index (χ0n) is 21.5. The van der Waals surface area contributed by atoms with Gasteiger partial charge < -0.3 is 9.84 Å². The molecule has 2 heteroatoms. The standard InChI is InChI=1S/C31H48O2/c1-4-23-20-26-28-15-12-24(8-7-19-33-21-22-10-13-25(32)14-11-22)30(28,2)18-16-29(26)31(3)17-6-5-9-27(23)31/h10-11,13-14,23-24,26-29,32H,4-9,12,15-21H2,1-3H3/t23-,24?,26?,27?,28?,29-,30?,31?/m0/s1. The molecule has 1 N–H and O–H groups in total. The number of rotatable bonds is 7. The highest BCUT2D eigenvalue weighted by Crippen LogP contribution is 2.69. The van der Waals surface area contributed by atoms with Crippen molar-refractivity contribution < 1.29 is 9.84 Å². The van der Waals surface area contributed by atoms with E-state index in [-0.39, 0.29) is 0 Å². The third-order valence-electron chi connectivity index (χ3n) is 11.5. The van der Waals surface area contributed by atoms with E-state index in [4.69, 9.17) is 4.74 Å². The number of hydrogen-bond donors (Lipinski definition) is 1. The summed E-state index contributed by atoms with van der Waals surface area (Å²) in [5.74, 6) is 6.23. The van der Waals surface area contributed by atoms with Crippen molar-refractivity contribution in [3.05, 3.63) is 29.8 Å². The Hall–Kier alpha value is -1.02. The Morgan fingerprint density at radius 1 is 0.909 bits per heavy atom. The van der Waals surface area contributed by atoms with Crippen LogP contribution in [0.15, 0.2) is 24.3 Å². The van der Waals surface area contributed by atoms with Gasteiger partial charge >= 0.3 is 0 Å². The Morgan fingerprint density at radius 2 is 1.70 bits per heavy atom. The summed E-state index contributed by atoms with van der Waals surface area (Å²) >= 11 is 0. The van der Waals surface area contributed by atoms with Gasteiger partial charge in [0.05, 0.1) is 6.61 Å². The Balaban J connectivity index is 1.18. The van der Waals surface area contributed by atoms with Crippen molar-refractivity contribution in [3.63, 3.8) is 0 Å². The van der Waals surface area contributed by atoms with Crippen LogP contribution in [0.3, 0.4) is 0 Å². The van der Waals surface area contributed by atoms with Crippen molar-refractivity contribution >= 4 is 0 Å². The summed E-state index contributed by atoms with van der Waals surface area (Å²) in [6.07, 6.45) is 17.5. The summed E-state index contributed by atoms with van der Waals surface area (Å²) in [4.78, 5) is 0. The van der Waals surface area contributed by atoms with Crippen LogP contribution >= 0.6 is 0 Å². The van der Waals surface area contributed by atoms with Crippen LogP contribution in [0.1, 0.15) is 103 Å². The molecular weight excluding hydrogens is 404 g/mol. The zero-order valence-corrected chi connectivity index (χ0v) is 21.5. The molecular formula is C31H48O2. The van der Waals surface area contributed by atoms with E-state index in [2.05, 4.69) is 20.8 Å². The number of aromatic hydroxyl groups is 1. The van der Waals surface area contributed by atoms with Crippen molar-refractivity contribution in [2.45, 2.75) is 104 Å². The van der Waals surface area contributed by atoms with E-state index in [1.807, 2.05) is 12.1 Å². The fourth-order valence-electron chi connectivity index (χ4n) is 9.82. The van der Waals surface area contributed by atoms with E-state index in [1.165, 1.54) is 70.6 Å². The van der Waals surface area contributed by atoms with Crippen LogP contribution in [-0.2, 0) is 11.3 Å². The third kappa shape index (κ3) is 4.28. The van der Waals surface area contributed by atoms with Gasteiger partial charge in [0, 0.05) is 6.61 Å². The van der Waals surface area contributed by atoms with Crippen LogP contribution in [0, 0.1) is 46.3 Å². The van der Waals surface area contributed by atoms with Gasteiger partial charge in [-0.2, -0.15) is 0 Å². The lowest BCUT2D eigenvalue weighted by molar-refractivity contribution is -0.136. The highest BCUT2D eigenvalue weighted by atomic mass is 16.5. The SMILES string of the molecule is CC[C@H]1CC2C3CCC(CCCOCc4ccc(O)cc4)C3(C)CC[C@@H]2C2(C)CCCCC12. The number of phenols is 1. The summed E-state index contributed by atoms with van der Waals surface area (Å²) in [6.45, 7) is 9.43. The molecule has 0 radical (unpaired) electrons. The average Bonchev–Trinajstić information content (AvgIpc) is 3.15. The molecule has 4 aliphatic carbocycles.